The third kappa shape index (κ3) is 7.23. The van der Waals surface area contributed by atoms with Gasteiger partial charge in [0.15, 0.2) is 5.96 Å². The van der Waals surface area contributed by atoms with E-state index in [1.54, 1.807) is 7.11 Å². The molecule has 1 aliphatic rings. The Labute approximate surface area is 168 Å². The summed E-state index contributed by atoms with van der Waals surface area (Å²) in [4.78, 5) is 7.00. The van der Waals surface area contributed by atoms with E-state index in [9.17, 15) is 0 Å². The van der Waals surface area contributed by atoms with Crippen molar-refractivity contribution in [1.82, 2.24) is 10.6 Å². The largest absolute Gasteiger partial charge is 0.377 e. The van der Waals surface area contributed by atoms with Gasteiger partial charge in [0.2, 0.25) is 0 Å². The Bertz CT molecular complexity index is 561. The lowest BCUT2D eigenvalue weighted by atomic mass is 10.1. The second-order valence-electron chi connectivity index (χ2n) is 6.56. The maximum Gasteiger partial charge on any atom is 0.191 e. The van der Waals surface area contributed by atoms with E-state index >= 15 is 0 Å². The Hall–Kier alpha value is -1.28. The van der Waals surface area contributed by atoms with Crippen molar-refractivity contribution in [1.29, 1.82) is 0 Å². The van der Waals surface area contributed by atoms with E-state index in [2.05, 4.69) is 77.7 Å². The molecule has 0 bridgehead atoms. The predicted octanol–water partition coefficient (Wildman–Crippen LogP) is 3.16. The molecule has 0 amide bonds. The van der Waals surface area contributed by atoms with E-state index < -0.39 is 0 Å². The van der Waals surface area contributed by atoms with Crippen LogP contribution in [0.1, 0.15) is 26.3 Å². The maximum absolute atomic E-state index is 5.44. The molecule has 0 saturated carbocycles. The molecule has 2 rings (SSSR count). The van der Waals surface area contributed by atoms with Gasteiger partial charge in [-0.15, -0.1) is 24.0 Å². The molecule has 0 radical (unpaired) electrons. The standard InChI is InChI=1S/C19H30N4O.HI/c1-5-20-18(22-15-19(2,3)24-4)21-14-16-8-10-17(11-9-16)23-12-6-7-13-23;/h6-11H,5,12-15H2,1-4H3,(H2,20,21,22);1H. The molecule has 1 aliphatic heterocycles. The van der Waals surface area contributed by atoms with Crippen molar-refractivity contribution in [3.63, 3.8) is 0 Å². The van der Waals surface area contributed by atoms with Crippen molar-refractivity contribution >= 4 is 35.6 Å². The van der Waals surface area contributed by atoms with Crippen molar-refractivity contribution in [3.05, 3.63) is 42.0 Å². The molecule has 140 valence electrons. The van der Waals surface area contributed by atoms with Gasteiger partial charge < -0.3 is 20.3 Å². The number of nitrogens with zero attached hydrogens (tertiary/aromatic N) is 2. The summed E-state index contributed by atoms with van der Waals surface area (Å²) in [5.41, 5.74) is 2.25. The average molecular weight is 458 g/mol. The lowest BCUT2D eigenvalue weighted by molar-refractivity contribution is 0.0268. The lowest BCUT2D eigenvalue weighted by Crippen LogP contribution is -2.45. The highest BCUT2D eigenvalue weighted by molar-refractivity contribution is 14.0. The molecule has 0 unspecified atom stereocenters. The molecular formula is C19H31IN4O. The average Bonchev–Trinajstić information content (AvgIpc) is 3.12. The van der Waals surface area contributed by atoms with Gasteiger partial charge >= 0.3 is 0 Å². The van der Waals surface area contributed by atoms with E-state index in [0.29, 0.717) is 13.1 Å². The fraction of sp³-hybridized carbons (Fsp3) is 0.526. The summed E-state index contributed by atoms with van der Waals surface area (Å²) < 4.78 is 5.44. The van der Waals surface area contributed by atoms with Gasteiger partial charge in [-0.2, -0.15) is 0 Å². The minimum Gasteiger partial charge on any atom is -0.377 e. The van der Waals surface area contributed by atoms with E-state index in [4.69, 9.17) is 4.74 Å². The lowest BCUT2D eigenvalue weighted by Gasteiger charge is -2.24. The number of benzene rings is 1. The van der Waals surface area contributed by atoms with Gasteiger partial charge in [0, 0.05) is 39.0 Å². The van der Waals surface area contributed by atoms with Crippen molar-refractivity contribution < 1.29 is 4.74 Å². The Kier molecular flexibility index (Phi) is 9.27. The number of halogens is 1. The number of hydrogen-bond acceptors (Lipinski definition) is 3. The minimum atomic E-state index is -0.221. The van der Waals surface area contributed by atoms with Crippen LogP contribution in [0.5, 0.6) is 0 Å². The topological polar surface area (TPSA) is 48.9 Å². The quantitative estimate of drug-likeness (QED) is 0.285. The van der Waals surface area contributed by atoms with Crippen molar-refractivity contribution in [2.75, 3.05) is 38.2 Å². The molecule has 1 heterocycles. The summed E-state index contributed by atoms with van der Waals surface area (Å²) >= 11 is 0. The monoisotopic (exact) mass is 458 g/mol. The van der Waals surface area contributed by atoms with Gasteiger partial charge in [-0.25, -0.2) is 4.99 Å². The summed E-state index contributed by atoms with van der Waals surface area (Å²) in [6, 6.07) is 8.65. The van der Waals surface area contributed by atoms with Crippen LogP contribution in [0.15, 0.2) is 41.4 Å². The molecule has 0 aliphatic carbocycles. The summed E-state index contributed by atoms with van der Waals surface area (Å²) in [5.74, 6) is 0.815. The molecule has 0 aromatic heterocycles. The predicted molar refractivity (Wildman–Crippen MR) is 117 cm³/mol. The summed E-state index contributed by atoms with van der Waals surface area (Å²) in [6.07, 6.45) is 4.40. The first-order chi connectivity index (χ1) is 11.5. The SMILES string of the molecule is CCNC(=NCc1ccc(N2CC=CC2)cc1)NCC(C)(C)OC.I. The first kappa shape index (κ1) is 21.8. The number of ether oxygens (including phenoxy) is 1. The third-order valence-electron chi connectivity index (χ3n) is 4.12. The Morgan fingerprint density at radius 2 is 1.80 bits per heavy atom. The Morgan fingerprint density at radius 1 is 1.16 bits per heavy atom. The van der Waals surface area contributed by atoms with E-state index in [1.807, 2.05) is 0 Å². The molecule has 0 atom stereocenters. The zero-order valence-electron chi connectivity index (χ0n) is 15.7. The van der Waals surface area contributed by atoms with Crippen LogP contribution in [0.2, 0.25) is 0 Å². The van der Waals surface area contributed by atoms with Gasteiger partial charge in [0.1, 0.15) is 0 Å². The number of guanidine groups is 1. The van der Waals surface area contributed by atoms with Crippen molar-refractivity contribution in [3.8, 4) is 0 Å². The molecule has 5 nitrogen and oxygen atoms in total. The van der Waals surface area contributed by atoms with Crippen molar-refractivity contribution in [2.24, 2.45) is 4.99 Å². The third-order valence-corrected chi connectivity index (χ3v) is 4.12. The van der Waals surface area contributed by atoms with Crippen LogP contribution < -0.4 is 15.5 Å². The second kappa shape index (κ2) is 10.7. The number of nitrogens with one attached hydrogen (secondary N) is 2. The molecule has 25 heavy (non-hydrogen) atoms. The fourth-order valence-electron chi connectivity index (χ4n) is 2.38. The molecular weight excluding hydrogens is 427 g/mol. The van der Waals surface area contributed by atoms with Crippen LogP contribution in [0.25, 0.3) is 0 Å². The highest BCUT2D eigenvalue weighted by Crippen LogP contribution is 2.17. The molecule has 1 aromatic carbocycles. The molecule has 0 spiro atoms. The van der Waals surface area contributed by atoms with Crippen LogP contribution in [-0.2, 0) is 11.3 Å². The Morgan fingerprint density at radius 3 is 2.36 bits per heavy atom. The van der Waals surface area contributed by atoms with Gasteiger partial charge in [-0.3, -0.25) is 0 Å². The molecule has 1 aromatic rings. The number of aliphatic imine (C=N–C) groups is 1. The normalized spacial score (nSPS) is 14.4. The highest BCUT2D eigenvalue weighted by atomic mass is 127. The van der Waals surface area contributed by atoms with E-state index in [-0.39, 0.29) is 29.6 Å². The van der Waals surface area contributed by atoms with Crippen LogP contribution in [0.4, 0.5) is 5.69 Å². The first-order valence-electron chi connectivity index (χ1n) is 8.60. The molecule has 2 N–H and O–H groups in total. The van der Waals surface area contributed by atoms with Crippen LogP contribution in [0, 0.1) is 0 Å². The summed E-state index contributed by atoms with van der Waals surface area (Å²) in [7, 11) is 1.73. The number of methoxy groups -OCH3 is 1. The fourth-order valence-corrected chi connectivity index (χ4v) is 2.38. The molecule has 6 heteroatoms. The Balaban J connectivity index is 0.00000312. The van der Waals surface area contributed by atoms with E-state index in [1.165, 1.54) is 11.3 Å². The van der Waals surface area contributed by atoms with Crippen LogP contribution >= 0.6 is 24.0 Å². The maximum atomic E-state index is 5.44. The summed E-state index contributed by atoms with van der Waals surface area (Å²) in [5, 5.41) is 6.61. The molecule has 0 fully saturated rings. The van der Waals surface area contributed by atoms with E-state index in [0.717, 1.165) is 25.6 Å². The summed E-state index contributed by atoms with van der Waals surface area (Å²) in [6.45, 7) is 10.4. The van der Waals surface area contributed by atoms with Crippen LogP contribution in [-0.4, -0.2) is 44.8 Å². The second-order valence-corrected chi connectivity index (χ2v) is 6.56. The molecule has 0 saturated heterocycles. The first-order valence-corrected chi connectivity index (χ1v) is 8.60. The highest BCUT2D eigenvalue weighted by Gasteiger charge is 2.16. The van der Waals surface area contributed by atoms with Crippen LogP contribution in [0.3, 0.4) is 0 Å². The number of rotatable bonds is 7. The van der Waals surface area contributed by atoms with Gasteiger partial charge in [-0.1, -0.05) is 24.3 Å². The number of anilines is 1. The minimum absolute atomic E-state index is 0. The smallest absolute Gasteiger partial charge is 0.191 e. The number of hydrogen-bond donors (Lipinski definition) is 2. The zero-order chi connectivity index (χ0) is 17.4. The van der Waals surface area contributed by atoms with Gasteiger partial charge in [0.25, 0.3) is 0 Å². The zero-order valence-corrected chi connectivity index (χ0v) is 18.0. The van der Waals surface area contributed by atoms with Gasteiger partial charge in [-0.05, 0) is 38.5 Å². The van der Waals surface area contributed by atoms with Crippen molar-refractivity contribution in [2.45, 2.75) is 32.9 Å². The van der Waals surface area contributed by atoms with Gasteiger partial charge in [0.05, 0.1) is 12.1 Å².